The summed E-state index contributed by atoms with van der Waals surface area (Å²) in [5, 5.41) is 1.12. The molecule has 0 unspecified atom stereocenters. The van der Waals surface area contributed by atoms with E-state index < -0.39 is 12.3 Å². The molecule has 0 aliphatic rings. The third kappa shape index (κ3) is 3.12. The van der Waals surface area contributed by atoms with Crippen LogP contribution >= 0.6 is 27.5 Å². The Morgan fingerprint density at radius 3 is 2.68 bits per heavy atom. The van der Waals surface area contributed by atoms with Gasteiger partial charge in [-0.3, -0.25) is 0 Å². The summed E-state index contributed by atoms with van der Waals surface area (Å²) in [7, 11) is 0. The highest BCUT2D eigenvalue weighted by Crippen LogP contribution is 2.36. The highest BCUT2D eigenvalue weighted by atomic mass is 79.9. The van der Waals surface area contributed by atoms with Crippen molar-refractivity contribution in [1.82, 2.24) is 4.98 Å². The molecule has 1 heterocycles. The maximum atomic E-state index is 12.6. The normalized spacial score (nSPS) is 13.6. The van der Waals surface area contributed by atoms with Crippen molar-refractivity contribution in [3.8, 4) is 5.75 Å². The number of ether oxygens (including phenoxy) is 1. The lowest BCUT2D eigenvalue weighted by molar-refractivity contribution is -0.189. The average Bonchev–Trinajstić information content (AvgIpc) is 2.26. The van der Waals surface area contributed by atoms with Crippen molar-refractivity contribution < 1.29 is 17.9 Å². The van der Waals surface area contributed by atoms with Crippen molar-refractivity contribution in [2.45, 2.75) is 19.2 Å². The van der Waals surface area contributed by atoms with E-state index in [0.29, 0.717) is 15.2 Å². The first-order chi connectivity index (χ1) is 8.79. The summed E-state index contributed by atoms with van der Waals surface area (Å²) in [6, 6.07) is 4.82. The zero-order valence-corrected chi connectivity index (χ0v) is 12.0. The molecule has 2 aromatic rings. The van der Waals surface area contributed by atoms with Crippen molar-refractivity contribution in [1.29, 1.82) is 0 Å². The number of pyridine rings is 1. The second-order valence-corrected chi connectivity index (χ2v) is 5.18. The summed E-state index contributed by atoms with van der Waals surface area (Å²) in [4.78, 5) is 3.86. The van der Waals surface area contributed by atoms with E-state index in [1.165, 1.54) is 12.3 Å². The van der Waals surface area contributed by atoms with Crippen molar-refractivity contribution in [3.63, 3.8) is 0 Å². The molecule has 2 rings (SSSR count). The Morgan fingerprint density at radius 1 is 1.37 bits per heavy atom. The van der Waals surface area contributed by atoms with Crippen LogP contribution in [0, 0.1) is 0 Å². The zero-order valence-electron chi connectivity index (χ0n) is 9.63. The number of halogens is 5. The molecule has 2 nitrogen and oxygen atoms in total. The van der Waals surface area contributed by atoms with Gasteiger partial charge in [-0.2, -0.15) is 13.2 Å². The van der Waals surface area contributed by atoms with Crippen LogP contribution in [0.15, 0.2) is 28.9 Å². The molecule has 0 fully saturated rings. The Kier molecular flexibility index (Phi) is 3.92. The third-order valence-electron chi connectivity index (χ3n) is 2.51. The Labute approximate surface area is 120 Å². The summed E-state index contributed by atoms with van der Waals surface area (Å²) < 4.78 is 43.2. The molecular formula is C12H8BrClF3NO. The van der Waals surface area contributed by atoms with Gasteiger partial charge in [0, 0.05) is 10.7 Å². The van der Waals surface area contributed by atoms with Gasteiger partial charge in [0.15, 0.2) is 6.10 Å². The lowest BCUT2D eigenvalue weighted by Gasteiger charge is -2.19. The molecule has 7 heteroatoms. The van der Waals surface area contributed by atoms with Crippen molar-refractivity contribution in [2.75, 3.05) is 0 Å². The number of hydrogen-bond donors (Lipinski definition) is 0. The summed E-state index contributed by atoms with van der Waals surface area (Å²) in [6.45, 7) is 0.941. The first kappa shape index (κ1) is 14.4. The number of nitrogens with zero attached hydrogens (tertiary/aromatic N) is 1. The molecule has 0 radical (unpaired) electrons. The predicted molar refractivity (Wildman–Crippen MR) is 70.6 cm³/mol. The Morgan fingerprint density at radius 2 is 2.05 bits per heavy atom. The fourth-order valence-electron chi connectivity index (χ4n) is 1.55. The van der Waals surface area contributed by atoms with E-state index in [2.05, 4.69) is 20.9 Å². The van der Waals surface area contributed by atoms with Gasteiger partial charge in [0.2, 0.25) is 0 Å². The van der Waals surface area contributed by atoms with Crippen LogP contribution in [-0.4, -0.2) is 17.3 Å². The van der Waals surface area contributed by atoms with Gasteiger partial charge in [-0.05, 0) is 30.5 Å². The summed E-state index contributed by atoms with van der Waals surface area (Å²) in [5.41, 5.74) is 0. The second kappa shape index (κ2) is 5.17. The monoisotopic (exact) mass is 353 g/mol. The van der Waals surface area contributed by atoms with Gasteiger partial charge in [-0.1, -0.05) is 27.5 Å². The topological polar surface area (TPSA) is 22.1 Å². The number of rotatable bonds is 2. The van der Waals surface area contributed by atoms with Gasteiger partial charge in [-0.25, -0.2) is 4.98 Å². The second-order valence-electron chi connectivity index (χ2n) is 3.91. The van der Waals surface area contributed by atoms with Crippen molar-refractivity contribution >= 4 is 38.3 Å². The smallest absolute Gasteiger partial charge is 0.425 e. The van der Waals surface area contributed by atoms with E-state index in [9.17, 15) is 13.2 Å². The largest absolute Gasteiger partial charge is 0.480 e. The molecule has 102 valence electrons. The minimum Gasteiger partial charge on any atom is -0.480 e. The molecule has 0 aliphatic heterocycles. The summed E-state index contributed by atoms with van der Waals surface area (Å²) in [5.74, 6) is 0.0484. The van der Waals surface area contributed by atoms with Crippen LogP contribution in [0.25, 0.3) is 10.8 Å². The van der Waals surface area contributed by atoms with Gasteiger partial charge >= 0.3 is 6.18 Å². The Balaban J connectivity index is 2.53. The molecule has 1 aromatic heterocycles. The number of fused-ring (bicyclic) bond motifs is 1. The SMILES string of the molecule is C[C@H](Oc1cc(Br)cc2ccnc(Cl)c12)C(F)(F)F. The lowest BCUT2D eigenvalue weighted by atomic mass is 10.1. The summed E-state index contributed by atoms with van der Waals surface area (Å²) >= 11 is 9.15. The van der Waals surface area contributed by atoms with Gasteiger partial charge in [0.05, 0.1) is 5.39 Å². The van der Waals surface area contributed by atoms with Crippen LogP contribution in [0.1, 0.15) is 6.92 Å². The van der Waals surface area contributed by atoms with Crippen LogP contribution in [0.5, 0.6) is 5.75 Å². The quantitative estimate of drug-likeness (QED) is 0.710. The molecule has 0 saturated heterocycles. The Bertz CT molecular complexity index is 618. The molecule has 0 bridgehead atoms. The van der Waals surface area contributed by atoms with Crippen molar-refractivity contribution in [2.24, 2.45) is 0 Å². The lowest BCUT2D eigenvalue weighted by Crippen LogP contribution is -2.31. The molecule has 1 atom stereocenters. The van der Waals surface area contributed by atoms with E-state index in [0.717, 1.165) is 6.92 Å². The molecule has 0 amide bonds. The number of alkyl halides is 3. The fraction of sp³-hybridized carbons (Fsp3) is 0.250. The van der Waals surface area contributed by atoms with Crippen molar-refractivity contribution in [3.05, 3.63) is 34.0 Å². The highest BCUT2D eigenvalue weighted by molar-refractivity contribution is 9.10. The number of benzene rings is 1. The molecule has 19 heavy (non-hydrogen) atoms. The standard InChI is InChI=1S/C12H8BrClF3NO/c1-6(12(15,16)17)19-9-5-8(13)4-7-2-3-18-11(14)10(7)9/h2-6H,1H3/t6-/m0/s1. The first-order valence-electron chi connectivity index (χ1n) is 5.26. The zero-order chi connectivity index (χ0) is 14.2. The Hall–Kier alpha value is -1.01. The molecular weight excluding hydrogens is 346 g/mol. The highest BCUT2D eigenvalue weighted by Gasteiger charge is 2.38. The maximum Gasteiger partial charge on any atom is 0.425 e. The molecule has 0 spiro atoms. The van der Waals surface area contributed by atoms with Gasteiger partial charge in [0.1, 0.15) is 10.9 Å². The van der Waals surface area contributed by atoms with Crippen LogP contribution in [0.2, 0.25) is 5.15 Å². The first-order valence-corrected chi connectivity index (χ1v) is 6.43. The minimum atomic E-state index is -4.44. The fourth-order valence-corrected chi connectivity index (χ4v) is 2.27. The van der Waals surface area contributed by atoms with E-state index >= 15 is 0 Å². The van der Waals surface area contributed by atoms with Crippen LogP contribution in [-0.2, 0) is 0 Å². The molecule has 0 aliphatic carbocycles. The van der Waals surface area contributed by atoms with E-state index in [1.807, 2.05) is 0 Å². The number of aromatic nitrogens is 1. The summed E-state index contributed by atoms with van der Waals surface area (Å²) in [6.07, 6.45) is -4.89. The van der Waals surface area contributed by atoms with Crippen LogP contribution in [0.4, 0.5) is 13.2 Å². The predicted octanol–water partition coefficient (Wildman–Crippen LogP) is 4.98. The van der Waals surface area contributed by atoms with Gasteiger partial charge in [0.25, 0.3) is 0 Å². The molecule has 1 aromatic carbocycles. The average molecular weight is 355 g/mol. The number of hydrogen-bond acceptors (Lipinski definition) is 2. The van der Waals surface area contributed by atoms with E-state index in [4.69, 9.17) is 16.3 Å². The van der Waals surface area contributed by atoms with Gasteiger partial charge in [-0.15, -0.1) is 0 Å². The van der Waals surface area contributed by atoms with E-state index in [1.54, 1.807) is 12.1 Å². The molecule has 0 saturated carbocycles. The molecule has 0 N–H and O–H groups in total. The minimum absolute atomic E-state index is 0.0484. The van der Waals surface area contributed by atoms with Gasteiger partial charge < -0.3 is 4.74 Å². The van der Waals surface area contributed by atoms with E-state index in [-0.39, 0.29) is 10.9 Å². The van der Waals surface area contributed by atoms with Crippen LogP contribution < -0.4 is 4.74 Å². The maximum absolute atomic E-state index is 12.6. The van der Waals surface area contributed by atoms with Crippen LogP contribution in [0.3, 0.4) is 0 Å². The third-order valence-corrected chi connectivity index (χ3v) is 3.25.